The molecular weight excluding hydrogens is 462 g/mol. The van der Waals surface area contributed by atoms with E-state index < -0.39 is 21.8 Å². The molecule has 0 aliphatic heterocycles. The molecule has 0 aromatic heterocycles. The van der Waals surface area contributed by atoms with E-state index in [4.69, 9.17) is 10.2 Å². The number of carbonyl (C=O) groups is 3. The number of hydrogen-bond acceptors (Lipinski definition) is 6. The molecule has 0 radical (unpaired) electrons. The van der Waals surface area contributed by atoms with E-state index in [0.717, 1.165) is 19.6 Å². The van der Waals surface area contributed by atoms with Gasteiger partial charge in [-0.1, -0.05) is 32.0 Å². The van der Waals surface area contributed by atoms with Crippen molar-refractivity contribution >= 4 is 27.8 Å². The number of sulfone groups is 1. The van der Waals surface area contributed by atoms with Crippen molar-refractivity contribution in [2.45, 2.75) is 38.6 Å². The van der Waals surface area contributed by atoms with E-state index in [1.54, 1.807) is 42.3 Å². The van der Waals surface area contributed by atoms with E-state index in [0.29, 0.717) is 23.6 Å². The summed E-state index contributed by atoms with van der Waals surface area (Å²) in [4.78, 5) is 37.7. The number of amides is 2. The predicted octanol–water partition coefficient (Wildman–Crippen LogP) is 2.28. The minimum absolute atomic E-state index is 0.0613. The number of carboxylic acid groups (broad SMARTS) is 2. The Hall–Kier alpha value is -2.92. The summed E-state index contributed by atoms with van der Waals surface area (Å²) in [5.41, 5.74) is 0. The second-order valence-corrected chi connectivity index (χ2v) is 9.77. The Kier molecular flexibility index (Phi) is 14.5. The van der Waals surface area contributed by atoms with E-state index in [9.17, 15) is 22.8 Å². The summed E-state index contributed by atoms with van der Waals surface area (Å²) in [5.74, 6) is -2.60. The molecule has 0 bridgehead atoms. The monoisotopic (exact) mass is 499 g/mol. The van der Waals surface area contributed by atoms with Gasteiger partial charge in [-0.3, -0.25) is 0 Å². The van der Waals surface area contributed by atoms with Crippen molar-refractivity contribution in [1.29, 1.82) is 0 Å². The molecular formula is C23H37N3O7S. The van der Waals surface area contributed by atoms with Crippen LogP contribution < -0.4 is 0 Å². The van der Waals surface area contributed by atoms with Crippen molar-refractivity contribution in [2.75, 3.05) is 45.5 Å². The first-order valence-electron chi connectivity index (χ1n) is 11.0. The molecule has 0 aliphatic rings. The molecule has 0 saturated heterocycles. The van der Waals surface area contributed by atoms with Crippen LogP contribution in [0, 0.1) is 0 Å². The highest BCUT2D eigenvalue weighted by molar-refractivity contribution is 7.91. The fourth-order valence-corrected chi connectivity index (χ4v) is 4.15. The molecule has 0 spiro atoms. The van der Waals surface area contributed by atoms with Crippen LogP contribution in [-0.2, 0) is 19.4 Å². The number of urea groups is 1. The van der Waals surface area contributed by atoms with Gasteiger partial charge in [0.15, 0.2) is 9.84 Å². The zero-order valence-electron chi connectivity index (χ0n) is 20.5. The second-order valence-electron chi connectivity index (χ2n) is 7.66. The summed E-state index contributed by atoms with van der Waals surface area (Å²) >= 11 is 0. The zero-order chi connectivity index (χ0) is 26.3. The third-order valence-corrected chi connectivity index (χ3v) is 6.62. The first-order valence-corrected chi connectivity index (χ1v) is 12.7. The van der Waals surface area contributed by atoms with Gasteiger partial charge in [-0.2, -0.15) is 0 Å². The van der Waals surface area contributed by atoms with Gasteiger partial charge in [-0.05, 0) is 39.1 Å². The molecule has 1 rings (SSSR count). The molecule has 1 aromatic carbocycles. The molecule has 34 heavy (non-hydrogen) atoms. The van der Waals surface area contributed by atoms with Crippen LogP contribution in [0.25, 0.3) is 0 Å². The smallest absolute Gasteiger partial charge is 0.328 e. The molecule has 0 aliphatic carbocycles. The Morgan fingerprint density at radius 1 is 0.912 bits per heavy atom. The third kappa shape index (κ3) is 12.4. The number of nitrogens with zero attached hydrogens (tertiary/aromatic N) is 3. The number of benzene rings is 1. The van der Waals surface area contributed by atoms with Crippen LogP contribution in [0.15, 0.2) is 47.4 Å². The maximum atomic E-state index is 12.8. The summed E-state index contributed by atoms with van der Waals surface area (Å²) in [6.45, 7) is 11.7. The number of rotatable bonds is 12. The first-order chi connectivity index (χ1) is 15.8. The Labute approximate surface area is 202 Å². The number of likely N-dealkylation sites (N-methyl/N-ethyl adjacent to an activating group) is 1. The number of carbonyl (C=O) groups excluding carboxylic acids is 1. The summed E-state index contributed by atoms with van der Waals surface area (Å²) in [6.07, 6.45) is 1.12. The molecule has 11 heteroatoms. The lowest BCUT2D eigenvalue weighted by atomic mass is 10.3. The van der Waals surface area contributed by atoms with E-state index in [1.807, 2.05) is 13.8 Å². The van der Waals surface area contributed by atoms with Crippen molar-refractivity contribution in [3.8, 4) is 0 Å². The maximum Gasteiger partial charge on any atom is 0.328 e. The topological polar surface area (TPSA) is 136 Å². The van der Waals surface area contributed by atoms with Gasteiger partial charge < -0.3 is 24.9 Å². The lowest BCUT2D eigenvalue weighted by molar-refractivity contribution is -0.134. The van der Waals surface area contributed by atoms with Crippen LogP contribution in [0.2, 0.25) is 0 Å². The van der Waals surface area contributed by atoms with Crippen LogP contribution in [0.3, 0.4) is 0 Å². The van der Waals surface area contributed by atoms with Crippen LogP contribution in [0.1, 0.15) is 27.7 Å². The van der Waals surface area contributed by atoms with Gasteiger partial charge in [-0.25, -0.2) is 22.8 Å². The van der Waals surface area contributed by atoms with Crippen molar-refractivity contribution in [3.05, 3.63) is 42.5 Å². The quantitative estimate of drug-likeness (QED) is 0.418. The maximum absolute atomic E-state index is 12.8. The SMILES string of the molecule is CCN(CC)CCN(C(=O)N(C)CCS(=O)(=O)c1ccccc1)C(C)C.O=C(O)C=CC(=O)O. The molecule has 0 saturated carbocycles. The molecule has 0 atom stereocenters. The average Bonchev–Trinajstić information content (AvgIpc) is 2.79. The molecule has 0 heterocycles. The molecule has 1 aromatic rings. The van der Waals surface area contributed by atoms with Crippen LogP contribution in [0.5, 0.6) is 0 Å². The summed E-state index contributed by atoms with van der Waals surface area (Å²) in [5, 5.41) is 15.6. The average molecular weight is 500 g/mol. The Bertz CT molecular complexity index is 882. The minimum Gasteiger partial charge on any atom is -0.478 e. The van der Waals surface area contributed by atoms with Crippen molar-refractivity contribution in [2.24, 2.45) is 0 Å². The summed E-state index contributed by atoms with van der Waals surface area (Å²) in [6, 6.07) is 8.29. The Morgan fingerprint density at radius 2 is 1.41 bits per heavy atom. The Morgan fingerprint density at radius 3 is 1.82 bits per heavy atom. The van der Waals surface area contributed by atoms with E-state index in [2.05, 4.69) is 18.7 Å². The van der Waals surface area contributed by atoms with Crippen molar-refractivity contribution in [3.63, 3.8) is 0 Å². The van der Waals surface area contributed by atoms with E-state index >= 15 is 0 Å². The van der Waals surface area contributed by atoms with Crippen LogP contribution in [0.4, 0.5) is 4.79 Å². The predicted molar refractivity (Wildman–Crippen MR) is 131 cm³/mol. The molecule has 0 unspecified atom stereocenters. The second kappa shape index (κ2) is 15.8. The molecule has 2 amide bonds. The third-order valence-electron chi connectivity index (χ3n) is 4.91. The van der Waals surface area contributed by atoms with Gasteiger partial charge in [0.05, 0.1) is 10.6 Å². The van der Waals surface area contributed by atoms with Gasteiger partial charge in [-0.15, -0.1) is 0 Å². The molecule has 192 valence electrons. The van der Waals surface area contributed by atoms with Crippen LogP contribution in [-0.4, -0.2) is 103 Å². The summed E-state index contributed by atoms with van der Waals surface area (Å²) in [7, 11) is -1.73. The van der Waals surface area contributed by atoms with E-state index in [1.165, 1.54) is 4.90 Å². The first kappa shape index (κ1) is 31.1. The van der Waals surface area contributed by atoms with Gasteiger partial charge >= 0.3 is 18.0 Å². The summed E-state index contributed by atoms with van der Waals surface area (Å²) < 4.78 is 24.8. The largest absolute Gasteiger partial charge is 0.478 e. The lowest BCUT2D eigenvalue weighted by Gasteiger charge is -2.33. The number of hydrogen-bond donors (Lipinski definition) is 2. The lowest BCUT2D eigenvalue weighted by Crippen LogP contribution is -2.48. The number of aliphatic carboxylic acids is 2. The van der Waals surface area contributed by atoms with Gasteiger partial charge in [0.25, 0.3) is 0 Å². The standard InChI is InChI=1S/C19H33N3O3S.C4H4O4/c1-6-21(7-2)13-14-22(17(3)4)19(23)20(5)15-16-26(24,25)18-11-9-8-10-12-18;5-3(6)1-2-4(7)8/h8-12,17H,6-7,13-16H2,1-5H3;1-2H,(H,5,6)(H,7,8). The van der Waals surface area contributed by atoms with Gasteiger partial charge in [0.1, 0.15) is 0 Å². The Balaban J connectivity index is 0.00000116. The number of carboxylic acids is 2. The van der Waals surface area contributed by atoms with E-state index in [-0.39, 0.29) is 24.4 Å². The van der Waals surface area contributed by atoms with Crippen LogP contribution >= 0.6 is 0 Å². The van der Waals surface area contributed by atoms with Gasteiger partial charge in [0.2, 0.25) is 0 Å². The molecule has 0 fully saturated rings. The van der Waals surface area contributed by atoms with Gasteiger partial charge in [0, 0.05) is 44.9 Å². The fraction of sp³-hybridized carbons (Fsp3) is 0.522. The molecule has 2 N–H and O–H groups in total. The molecule has 10 nitrogen and oxygen atoms in total. The fourth-order valence-electron chi connectivity index (χ4n) is 2.82. The minimum atomic E-state index is -3.39. The van der Waals surface area contributed by atoms with Crippen molar-refractivity contribution < 1.29 is 33.0 Å². The van der Waals surface area contributed by atoms with Crippen molar-refractivity contribution in [1.82, 2.24) is 14.7 Å². The highest BCUT2D eigenvalue weighted by atomic mass is 32.2. The normalized spacial score (nSPS) is 11.3. The highest BCUT2D eigenvalue weighted by Gasteiger charge is 2.23. The highest BCUT2D eigenvalue weighted by Crippen LogP contribution is 2.11. The zero-order valence-corrected chi connectivity index (χ0v) is 21.4.